The van der Waals surface area contributed by atoms with Gasteiger partial charge < -0.3 is 39.4 Å². The predicted molar refractivity (Wildman–Crippen MR) is 137 cm³/mol. The molecule has 1 atom stereocenters. The highest BCUT2D eigenvalue weighted by molar-refractivity contribution is 5.81. The third-order valence-electron chi connectivity index (χ3n) is 4.63. The third kappa shape index (κ3) is 33.6. The van der Waals surface area contributed by atoms with Crippen LogP contribution in [-0.2, 0) is 23.7 Å². The number of rotatable bonds is 11. The summed E-state index contributed by atoms with van der Waals surface area (Å²) >= 11 is 0. The minimum absolute atomic E-state index is 0.0648. The molecule has 0 heterocycles. The topological polar surface area (TPSA) is 186 Å². The summed E-state index contributed by atoms with van der Waals surface area (Å²) in [5.41, 5.74) is 0. The van der Waals surface area contributed by atoms with E-state index < -0.39 is 30.5 Å². The van der Waals surface area contributed by atoms with Gasteiger partial charge in [0.25, 0.3) is 0 Å². The zero-order valence-electron chi connectivity index (χ0n) is 23.7. The molecule has 0 aliphatic rings. The molecule has 4 N–H and O–H groups in total. The molecule has 0 aliphatic heterocycles. The molecule has 0 bridgehead atoms. The lowest BCUT2D eigenvalue weighted by molar-refractivity contribution is -0.140. The molecule has 0 aromatic carbocycles. The molecule has 0 fully saturated rings. The number of esters is 1. The van der Waals surface area contributed by atoms with Gasteiger partial charge in [0, 0.05) is 6.42 Å². The summed E-state index contributed by atoms with van der Waals surface area (Å²) in [5, 5.41) is 33.2. The van der Waals surface area contributed by atoms with Gasteiger partial charge in [0.05, 0.1) is 18.8 Å². The Morgan fingerprint density at radius 3 is 1.14 bits per heavy atom. The van der Waals surface area contributed by atoms with Crippen LogP contribution in [0.3, 0.4) is 0 Å². The van der Waals surface area contributed by atoms with Crippen molar-refractivity contribution in [1.82, 2.24) is 0 Å². The number of ether oxygens (including phenoxy) is 4. The van der Waals surface area contributed by atoms with Crippen molar-refractivity contribution in [3.8, 4) is 0 Å². The molecule has 1 unspecified atom stereocenters. The largest absolute Gasteiger partial charge is 0.518 e. The summed E-state index contributed by atoms with van der Waals surface area (Å²) in [6, 6.07) is 0. The molecule has 0 spiro atoms. The Bertz CT molecular complexity index is 542. The maximum Gasteiger partial charge on any atom is 0.518 e. The highest BCUT2D eigenvalue weighted by Gasteiger charge is 2.15. The average Bonchev–Trinajstić information content (AvgIpc) is 2.89. The Labute approximate surface area is 221 Å². The average molecular weight is 543 g/mol. The minimum Gasteiger partial charge on any atom is -0.449 e. The number of hydrogen-bond acceptors (Lipinski definition) is 11. The van der Waals surface area contributed by atoms with Crippen LogP contribution in [0.25, 0.3) is 0 Å². The Morgan fingerprint density at radius 1 is 0.595 bits per heavy atom. The van der Waals surface area contributed by atoms with E-state index in [2.05, 4.69) is 14.2 Å². The molecule has 12 heteroatoms. The van der Waals surface area contributed by atoms with Crippen LogP contribution < -0.4 is 0 Å². The zero-order chi connectivity index (χ0) is 29.8. The predicted octanol–water partition coefficient (Wildman–Crippen LogP) is 5.19. The standard InChI is InChI=1S/C9H16O4.C7H12O5.C5H12O.C4H10O2/c1-4-7(5-2)12-9(11)13-8(10)6-3;1-3-5(4-2)11-7(10)12-6(8)9;1-3-5(6)4-2;1-2-4(6)3-5/h7H,4-6H2,1-3H3;5H,3-4H2,1-2H3,(H,8,9);5-6H,3-4H2,1-2H3;4-6H,2-3H2,1H3. The molecule has 0 rings (SSSR count). The second kappa shape index (κ2) is 29.8. The van der Waals surface area contributed by atoms with Gasteiger partial charge in [-0.25, -0.2) is 14.4 Å². The summed E-state index contributed by atoms with van der Waals surface area (Å²) in [7, 11) is 0. The van der Waals surface area contributed by atoms with Gasteiger partial charge >= 0.3 is 24.4 Å². The Balaban J connectivity index is -0.000000208. The first-order chi connectivity index (χ1) is 17.3. The summed E-state index contributed by atoms with van der Waals surface area (Å²) in [4.78, 5) is 41.9. The number of carbonyl (C=O) groups is 4. The quantitative estimate of drug-likeness (QED) is 0.198. The lowest BCUT2D eigenvalue weighted by atomic mass is 10.2. The van der Waals surface area contributed by atoms with E-state index in [1.807, 2.05) is 48.5 Å². The summed E-state index contributed by atoms with van der Waals surface area (Å²) < 4.78 is 17.5. The van der Waals surface area contributed by atoms with Gasteiger partial charge in [0.2, 0.25) is 0 Å². The monoisotopic (exact) mass is 542 g/mol. The van der Waals surface area contributed by atoms with Crippen LogP contribution in [0.1, 0.15) is 107 Å². The molecule has 0 aromatic rings. The van der Waals surface area contributed by atoms with Crippen molar-refractivity contribution in [2.24, 2.45) is 0 Å². The molecular weight excluding hydrogens is 492 g/mol. The van der Waals surface area contributed by atoms with E-state index >= 15 is 0 Å². The Hall–Kier alpha value is -2.44. The van der Waals surface area contributed by atoms with Crippen LogP contribution in [0.4, 0.5) is 14.4 Å². The summed E-state index contributed by atoms with van der Waals surface area (Å²) in [5.74, 6) is -0.559. The van der Waals surface area contributed by atoms with E-state index in [4.69, 9.17) is 25.2 Å². The van der Waals surface area contributed by atoms with Gasteiger partial charge in [0.1, 0.15) is 12.2 Å². The number of carbonyl (C=O) groups excluding carboxylic acids is 3. The lowest BCUT2D eigenvalue weighted by Gasteiger charge is -2.12. The fourth-order valence-corrected chi connectivity index (χ4v) is 1.89. The van der Waals surface area contributed by atoms with Crippen molar-refractivity contribution in [3.05, 3.63) is 0 Å². The van der Waals surface area contributed by atoms with Crippen LogP contribution >= 0.6 is 0 Å². The van der Waals surface area contributed by atoms with Gasteiger partial charge in [-0.2, -0.15) is 0 Å². The molecule has 0 aliphatic carbocycles. The van der Waals surface area contributed by atoms with Gasteiger partial charge in [-0.1, -0.05) is 55.4 Å². The minimum atomic E-state index is -1.65. The first-order valence-electron chi connectivity index (χ1n) is 12.8. The highest BCUT2D eigenvalue weighted by atomic mass is 16.8. The maximum absolute atomic E-state index is 10.9. The Kier molecular flexibility index (Phi) is 33.6. The van der Waals surface area contributed by atoms with Gasteiger partial charge in [0.15, 0.2) is 0 Å². The van der Waals surface area contributed by atoms with Gasteiger partial charge in [-0.3, -0.25) is 4.79 Å². The normalized spacial score (nSPS) is 10.5. The molecule has 37 heavy (non-hydrogen) atoms. The molecule has 0 aromatic heterocycles. The number of aliphatic hydroxyl groups is 3. The first-order valence-corrected chi connectivity index (χ1v) is 12.8. The SMILES string of the molecule is CCC(=O)OC(=O)OC(CC)CC.CCC(CC)OC(=O)OC(=O)O.CCC(O)CC.CCC(O)CO. The van der Waals surface area contributed by atoms with Gasteiger partial charge in [-0.15, -0.1) is 0 Å². The van der Waals surface area contributed by atoms with E-state index in [0.29, 0.717) is 19.3 Å². The summed E-state index contributed by atoms with van der Waals surface area (Å²) in [6.07, 6.45) is 0.641. The number of aliphatic hydroxyl groups excluding tert-OH is 3. The fraction of sp³-hybridized carbons (Fsp3) is 0.840. The molecule has 222 valence electrons. The lowest BCUT2D eigenvalue weighted by Crippen LogP contribution is -2.19. The second-order valence-electron chi connectivity index (χ2n) is 7.52. The van der Waals surface area contributed by atoms with Crippen LogP contribution in [0.15, 0.2) is 0 Å². The third-order valence-corrected chi connectivity index (χ3v) is 4.63. The fourth-order valence-electron chi connectivity index (χ4n) is 1.89. The van der Waals surface area contributed by atoms with E-state index in [9.17, 15) is 19.2 Å². The van der Waals surface area contributed by atoms with E-state index in [1.165, 1.54) is 0 Å². The van der Waals surface area contributed by atoms with Crippen molar-refractivity contribution >= 4 is 24.4 Å². The van der Waals surface area contributed by atoms with Crippen LogP contribution in [0.5, 0.6) is 0 Å². The second-order valence-corrected chi connectivity index (χ2v) is 7.52. The highest BCUT2D eigenvalue weighted by Crippen LogP contribution is 2.05. The van der Waals surface area contributed by atoms with Crippen LogP contribution in [-0.4, -0.2) is 75.9 Å². The maximum atomic E-state index is 10.9. The smallest absolute Gasteiger partial charge is 0.449 e. The van der Waals surface area contributed by atoms with Crippen molar-refractivity contribution in [2.45, 2.75) is 131 Å². The molecule has 0 radical (unpaired) electrons. The van der Waals surface area contributed by atoms with Crippen LogP contribution in [0, 0.1) is 0 Å². The molecule has 0 saturated heterocycles. The van der Waals surface area contributed by atoms with Crippen molar-refractivity contribution in [3.63, 3.8) is 0 Å². The number of carboxylic acid groups (broad SMARTS) is 1. The Morgan fingerprint density at radius 2 is 0.946 bits per heavy atom. The molecular formula is C25H50O12. The molecule has 0 amide bonds. The van der Waals surface area contributed by atoms with Crippen molar-refractivity contribution in [2.75, 3.05) is 6.61 Å². The van der Waals surface area contributed by atoms with E-state index in [1.54, 1.807) is 6.92 Å². The zero-order valence-corrected chi connectivity index (χ0v) is 23.7. The first kappa shape index (κ1) is 41.7. The molecule has 12 nitrogen and oxygen atoms in total. The van der Waals surface area contributed by atoms with E-state index in [0.717, 1.165) is 25.7 Å². The summed E-state index contributed by atoms with van der Waals surface area (Å²) in [6.45, 7) is 14.8. The van der Waals surface area contributed by atoms with Gasteiger partial charge in [-0.05, 0) is 44.9 Å². The van der Waals surface area contributed by atoms with Crippen molar-refractivity contribution < 1.29 is 58.6 Å². The van der Waals surface area contributed by atoms with Crippen LogP contribution in [0.2, 0.25) is 0 Å². The number of hydrogen-bond donors (Lipinski definition) is 4. The van der Waals surface area contributed by atoms with Crippen molar-refractivity contribution in [1.29, 1.82) is 0 Å². The molecule has 0 saturated carbocycles. The van der Waals surface area contributed by atoms with E-state index in [-0.39, 0.29) is 31.3 Å².